The van der Waals surface area contributed by atoms with E-state index in [-0.39, 0.29) is 16.2 Å². The number of benzene rings is 2. The molecule has 0 bridgehead atoms. The molecule has 0 saturated carbocycles. The predicted octanol–water partition coefficient (Wildman–Crippen LogP) is 4.55. The Morgan fingerprint density at radius 1 is 0.971 bits per heavy atom. The van der Waals surface area contributed by atoms with Crippen LogP contribution in [0.25, 0.3) is 11.8 Å². The summed E-state index contributed by atoms with van der Waals surface area (Å²) in [5.74, 6) is -2.07. The van der Waals surface area contributed by atoms with Gasteiger partial charge in [-0.2, -0.15) is 0 Å². The molecule has 4 rings (SSSR count). The van der Waals surface area contributed by atoms with Crippen LogP contribution in [0.4, 0.5) is 5.69 Å². The van der Waals surface area contributed by atoms with Crippen molar-refractivity contribution < 1.29 is 19.5 Å². The van der Waals surface area contributed by atoms with Gasteiger partial charge in [0.25, 0.3) is 11.8 Å². The van der Waals surface area contributed by atoms with Crippen molar-refractivity contribution in [2.45, 2.75) is 34.6 Å². The topological polar surface area (TPSA) is 91.6 Å². The monoisotopic (exact) mass is 487 g/mol. The van der Waals surface area contributed by atoms with Gasteiger partial charge >= 0.3 is 5.97 Å². The van der Waals surface area contributed by atoms with Crippen molar-refractivity contribution in [2.75, 3.05) is 4.90 Å². The second kappa shape index (κ2) is 8.96. The normalized spacial score (nSPS) is 15.1. The van der Waals surface area contributed by atoms with E-state index in [2.05, 4.69) is 5.32 Å². The van der Waals surface area contributed by atoms with Crippen LogP contribution in [0.3, 0.4) is 0 Å². The Morgan fingerprint density at radius 3 is 2.37 bits per heavy atom. The Balaban J connectivity index is 1.81. The van der Waals surface area contributed by atoms with Gasteiger partial charge in [-0.15, -0.1) is 0 Å². The highest BCUT2D eigenvalue weighted by molar-refractivity contribution is 7.80. The van der Waals surface area contributed by atoms with Crippen LogP contribution in [0.1, 0.15) is 44.0 Å². The van der Waals surface area contributed by atoms with E-state index in [9.17, 15) is 19.5 Å². The number of aryl methyl sites for hydroxylation is 3. The molecule has 2 N–H and O–H groups in total. The zero-order valence-corrected chi connectivity index (χ0v) is 20.9. The maximum absolute atomic E-state index is 13.5. The summed E-state index contributed by atoms with van der Waals surface area (Å²) in [6, 6.07) is 12.4. The number of hydrogen-bond donors (Lipinski definition) is 2. The molecule has 35 heavy (non-hydrogen) atoms. The minimum Gasteiger partial charge on any atom is -0.478 e. The van der Waals surface area contributed by atoms with E-state index in [0.29, 0.717) is 11.3 Å². The van der Waals surface area contributed by atoms with Gasteiger partial charge in [0.2, 0.25) is 0 Å². The average Bonchev–Trinajstić information content (AvgIpc) is 3.07. The van der Waals surface area contributed by atoms with Crippen LogP contribution in [0, 0.1) is 34.6 Å². The van der Waals surface area contributed by atoms with Gasteiger partial charge in [-0.05, 0) is 99.4 Å². The van der Waals surface area contributed by atoms with Crippen LogP contribution in [-0.2, 0) is 9.59 Å². The standard InChI is InChI=1S/C27H25N3O4S/c1-14-7-6-8-22(17(14)4)30-25(32)21(24(31)28-27(30)35)12-20-11-16(3)29(18(20)5)23-13-19(26(33)34)10-9-15(23)2/h6-13H,1-5H3,(H,33,34)(H,28,31,35)/b21-12+. The third kappa shape index (κ3) is 4.17. The zero-order valence-electron chi connectivity index (χ0n) is 20.1. The molecule has 1 fully saturated rings. The van der Waals surface area contributed by atoms with Gasteiger partial charge in [0.1, 0.15) is 5.57 Å². The van der Waals surface area contributed by atoms with Crippen molar-refractivity contribution in [3.05, 3.63) is 87.2 Å². The van der Waals surface area contributed by atoms with E-state index in [4.69, 9.17) is 12.2 Å². The van der Waals surface area contributed by atoms with Crippen LogP contribution >= 0.6 is 12.2 Å². The van der Waals surface area contributed by atoms with Gasteiger partial charge in [-0.3, -0.25) is 19.8 Å². The number of carbonyl (C=O) groups excluding carboxylic acids is 2. The third-order valence-corrected chi connectivity index (χ3v) is 6.67. The van der Waals surface area contributed by atoms with Crippen molar-refractivity contribution in [3.8, 4) is 5.69 Å². The molecule has 0 aliphatic carbocycles. The fourth-order valence-electron chi connectivity index (χ4n) is 4.30. The summed E-state index contributed by atoms with van der Waals surface area (Å²) in [4.78, 5) is 39.2. The first-order valence-corrected chi connectivity index (χ1v) is 11.4. The SMILES string of the molecule is Cc1ccc(C(=O)O)cc1-n1c(C)cc(/C=C2\C(=O)NC(=S)N(c3cccc(C)c3C)C2=O)c1C. The number of carbonyl (C=O) groups is 3. The Labute approximate surface area is 208 Å². The molecule has 0 spiro atoms. The average molecular weight is 488 g/mol. The molecule has 3 aromatic rings. The molecule has 1 aliphatic heterocycles. The molecule has 1 saturated heterocycles. The van der Waals surface area contributed by atoms with Crippen LogP contribution in [-0.4, -0.2) is 32.6 Å². The van der Waals surface area contributed by atoms with Crippen LogP contribution in [0.2, 0.25) is 0 Å². The summed E-state index contributed by atoms with van der Waals surface area (Å²) >= 11 is 5.34. The first kappa shape index (κ1) is 24.1. The summed E-state index contributed by atoms with van der Waals surface area (Å²) in [7, 11) is 0. The first-order valence-electron chi connectivity index (χ1n) is 11.0. The number of aromatic carboxylic acids is 1. The lowest BCUT2D eigenvalue weighted by Crippen LogP contribution is -2.54. The molecule has 2 amide bonds. The number of carboxylic acids is 1. The largest absolute Gasteiger partial charge is 0.478 e. The van der Waals surface area contributed by atoms with Gasteiger partial charge in [0, 0.05) is 17.1 Å². The lowest BCUT2D eigenvalue weighted by Gasteiger charge is -2.30. The quantitative estimate of drug-likeness (QED) is 0.320. The summed E-state index contributed by atoms with van der Waals surface area (Å²) in [6.45, 7) is 9.51. The van der Waals surface area contributed by atoms with Crippen molar-refractivity contribution in [1.29, 1.82) is 0 Å². The summed E-state index contributed by atoms with van der Waals surface area (Å²) in [5.41, 5.74) is 6.57. The molecular weight excluding hydrogens is 462 g/mol. The summed E-state index contributed by atoms with van der Waals surface area (Å²) in [6.07, 6.45) is 1.56. The maximum Gasteiger partial charge on any atom is 0.335 e. The van der Waals surface area contributed by atoms with Gasteiger partial charge in [-0.25, -0.2) is 4.79 Å². The fraction of sp³-hybridized carbons (Fsp3) is 0.185. The molecule has 0 atom stereocenters. The van der Waals surface area contributed by atoms with Gasteiger partial charge in [-0.1, -0.05) is 18.2 Å². The van der Waals surface area contributed by atoms with Crippen molar-refractivity contribution in [1.82, 2.24) is 9.88 Å². The number of carboxylic acid groups (broad SMARTS) is 1. The zero-order chi connectivity index (χ0) is 25.6. The molecule has 7 nitrogen and oxygen atoms in total. The second-order valence-electron chi connectivity index (χ2n) is 8.65. The minimum absolute atomic E-state index is 0.0317. The molecule has 2 aromatic carbocycles. The van der Waals surface area contributed by atoms with Crippen molar-refractivity contribution >= 4 is 46.9 Å². The fourth-order valence-corrected chi connectivity index (χ4v) is 4.57. The number of anilines is 1. The number of hydrogen-bond acceptors (Lipinski definition) is 4. The maximum atomic E-state index is 13.5. The smallest absolute Gasteiger partial charge is 0.335 e. The molecule has 0 unspecified atom stereocenters. The lowest BCUT2D eigenvalue weighted by molar-refractivity contribution is -0.122. The van der Waals surface area contributed by atoms with Gasteiger partial charge < -0.3 is 9.67 Å². The predicted molar refractivity (Wildman–Crippen MR) is 139 cm³/mol. The Hall–Kier alpha value is -4.04. The van der Waals surface area contributed by atoms with Crippen molar-refractivity contribution in [3.63, 3.8) is 0 Å². The summed E-state index contributed by atoms with van der Waals surface area (Å²) in [5, 5.41) is 12.1. The number of amides is 2. The highest BCUT2D eigenvalue weighted by Crippen LogP contribution is 2.29. The minimum atomic E-state index is -1.01. The number of rotatable bonds is 4. The molecule has 1 aliphatic rings. The number of thiocarbonyl (C=S) groups is 1. The van der Waals surface area contributed by atoms with Crippen molar-refractivity contribution in [2.24, 2.45) is 0 Å². The summed E-state index contributed by atoms with van der Waals surface area (Å²) < 4.78 is 1.92. The molecule has 1 aromatic heterocycles. The number of nitrogens with zero attached hydrogens (tertiary/aromatic N) is 2. The number of aromatic nitrogens is 1. The Bertz CT molecular complexity index is 1470. The molecule has 0 radical (unpaired) electrons. The molecule has 8 heteroatoms. The van der Waals surface area contributed by atoms with Crippen LogP contribution in [0.5, 0.6) is 0 Å². The molecule has 178 valence electrons. The molecular formula is C27H25N3O4S. The van der Waals surface area contributed by atoms with Gasteiger partial charge in [0.05, 0.1) is 11.3 Å². The van der Waals surface area contributed by atoms with Crippen LogP contribution in [0.15, 0.2) is 48.0 Å². The Kier molecular flexibility index (Phi) is 6.17. The highest BCUT2D eigenvalue weighted by atomic mass is 32.1. The van der Waals surface area contributed by atoms with E-state index in [1.54, 1.807) is 30.3 Å². The second-order valence-corrected chi connectivity index (χ2v) is 9.03. The Morgan fingerprint density at radius 2 is 1.69 bits per heavy atom. The van der Waals surface area contributed by atoms with E-state index in [0.717, 1.165) is 33.8 Å². The van der Waals surface area contributed by atoms with E-state index in [1.165, 1.54) is 4.90 Å². The molecule has 2 heterocycles. The highest BCUT2D eigenvalue weighted by Gasteiger charge is 2.35. The van der Waals surface area contributed by atoms with Gasteiger partial charge in [0.15, 0.2) is 5.11 Å². The van der Waals surface area contributed by atoms with E-state index in [1.807, 2.05) is 57.4 Å². The van der Waals surface area contributed by atoms with E-state index < -0.39 is 17.8 Å². The van der Waals surface area contributed by atoms with E-state index >= 15 is 0 Å². The lowest BCUT2D eigenvalue weighted by atomic mass is 10.0. The first-order chi connectivity index (χ1) is 16.5. The number of nitrogens with one attached hydrogen (secondary N) is 1. The third-order valence-electron chi connectivity index (χ3n) is 6.39. The van der Waals surface area contributed by atoms with Crippen LogP contribution < -0.4 is 10.2 Å².